The van der Waals surface area contributed by atoms with Crippen LogP contribution < -0.4 is 4.74 Å². The molecule has 1 aromatic carbocycles. The second kappa shape index (κ2) is 5.75. The highest BCUT2D eigenvalue weighted by Crippen LogP contribution is 2.33. The molecule has 3 nitrogen and oxygen atoms in total. The van der Waals surface area contributed by atoms with Gasteiger partial charge in [0.25, 0.3) is 0 Å². The molecule has 0 saturated heterocycles. The predicted octanol–water partition coefficient (Wildman–Crippen LogP) is 3.81. The molecule has 0 fully saturated rings. The lowest BCUT2D eigenvalue weighted by molar-refractivity contribution is 0.391. The van der Waals surface area contributed by atoms with Crippen LogP contribution in [-0.4, -0.2) is 12.1 Å². The van der Waals surface area contributed by atoms with Crippen LogP contribution in [0.5, 0.6) is 5.88 Å². The lowest BCUT2D eigenvalue weighted by atomic mass is 9.94. The van der Waals surface area contributed by atoms with E-state index in [2.05, 4.69) is 24.9 Å². The van der Waals surface area contributed by atoms with Crippen molar-refractivity contribution in [1.82, 2.24) is 4.98 Å². The molecule has 3 heteroatoms. The SMILES string of the molecule is CCc1c(OC)nc(C)c(-c2cccc(C#N)c2)c1C. The zero-order valence-electron chi connectivity index (χ0n) is 12.3. The van der Waals surface area contributed by atoms with Gasteiger partial charge in [-0.2, -0.15) is 5.26 Å². The average Bonchev–Trinajstić information content (AvgIpc) is 2.47. The third-order valence-electron chi connectivity index (χ3n) is 3.54. The Kier molecular flexibility index (Phi) is 4.05. The Hall–Kier alpha value is -2.34. The Labute approximate surface area is 119 Å². The molecule has 0 atom stereocenters. The molecule has 0 spiro atoms. The number of hydrogen-bond donors (Lipinski definition) is 0. The topological polar surface area (TPSA) is 45.9 Å². The van der Waals surface area contributed by atoms with E-state index in [9.17, 15) is 0 Å². The highest BCUT2D eigenvalue weighted by atomic mass is 16.5. The standard InChI is InChI=1S/C17H18N2O/c1-5-15-11(2)16(12(3)19-17(15)20-4)14-8-6-7-13(9-14)10-18/h6-9H,5H2,1-4H3. The molecule has 0 aliphatic heterocycles. The summed E-state index contributed by atoms with van der Waals surface area (Å²) < 4.78 is 5.37. The fraction of sp³-hybridized carbons (Fsp3) is 0.294. The van der Waals surface area contributed by atoms with E-state index < -0.39 is 0 Å². The molecular formula is C17H18N2O. The van der Waals surface area contributed by atoms with Crippen molar-refractivity contribution in [2.24, 2.45) is 0 Å². The molecule has 0 bridgehead atoms. The van der Waals surface area contributed by atoms with E-state index in [1.54, 1.807) is 7.11 Å². The maximum Gasteiger partial charge on any atom is 0.216 e. The lowest BCUT2D eigenvalue weighted by Crippen LogP contribution is -2.02. The van der Waals surface area contributed by atoms with Crippen molar-refractivity contribution < 1.29 is 4.74 Å². The first-order valence-electron chi connectivity index (χ1n) is 6.67. The Morgan fingerprint density at radius 2 is 2.05 bits per heavy atom. The van der Waals surface area contributed by atoms with E-state index in [0.717, 1.165) is 28.8 Å². The number of pyridine rings is 1. The van der Waals surface area contributed by atoms with Gasteiger partial charge in [0.1, 0.15) is 0 Å². The van der Waals surface area contributed by atoms with E-state index in [0.29, 0.717) is 11.4 Å². The number of nitriles is 1. The predicted molar refractivity (Wildman–Crippen MR) is 79.8 cm³/mol. The van der Waals surface area contributed by atoms with Gasteiger partial charge >= 0.3 is 0 Å². The third kappa shape index (κ3) is 2.37. The van der Waals surface area contributed by atoms with Gasteiger partial charge in [0, 0.05) is 16.8 Å². The molecule has 102 valence electrons. The zero-order chi connectivity index (χ0) is 14.7. The van der Waals surface area contributed by atoms with Gasteiger partial charge in [-0.1, -0.05) is 19.1 Å². The van der Waals surface area contributed by atoms with E-state index in [1.807, 2.05) is 31.2 Å². The number of rotatable bonds is 3. The van der Waals surface area contributed by atoms with Crippen molar-refractivity contribution in [2.75, 3.05) is 7.11 Å². The molecule has 0 aliphatic rings. The quantitative estimate of drug-likeness (QED) is 0.848. The summed E-state index contributed by atoms with van der Waals surface area (Å²) in [6, 6.07) is 9.82. The van der Waals surface area contributed by atoms with Crippen LogP contribution in [0.3, 0.4) is 0 Å². The van der Waals surface area contributed by atoms with Gasteiger partial charge in [0.05, 0.1) is 18.7 Å². The second-order valence-corrected chi connectivity index (χ2v) is 4.73. The summed E-state index contributed by atoms with van der Waals surface area (Å²) in [6.45, 7) is 6.16. The van der Waals surface area contributed by atoms with Gasteiger partial charge < -0.3 is 4.74 Å². The van der Waals surface area contributed by atoms with Gasteiger partial charge in [-0.15, -0.1) is 0 Å². The van der Waals surface area contributed by atoms with Crippen LogP contribution in [0.2, 0.25) is 0 Å². The Morgan fingerprint density at radius 1 is 1.30 bits per heavy atom. The van der Waals surface area contributed by atoms with Crippen LogP contribution in [-0.2, 0) is 6.42 Å². The Balaban J connectivity index is 2.71. The maximum absolute atomic E-state index is 9.04. The first kappa shape index (κ1) is 14.1. The van der Waals surface area contributed by atoms with Crippen LogP contribution in [0.25, 0.3) is 11.1 Å². The Morgan fingerprint density at radius 3 is 2.65 bits per heavy atom. The maximum atomic E-state index is 9.04. The number of hydrogen-bond acceptors (Lipinski definition) is 3. The monoisotopic (exact) mass is 266 g/mol. The molecule has 0 aliphatic carbocycles. The second-order valence-electron chi connectivity index (χ2n) is 4.73. The molecule has 1 heterocycles. The molecule has 0 amide bonds. The highest BCUT2D eigenvalue weighted by molar-refractivity contribution is 5.72. The number of ether oxygens (including phenoxy) is 1. The first-order valence-corrected chi connectivity index (χ1v) is 6.67. The van der Waals surface area contributed by atoms with Gasteiger partial charge in [0.15, 0.2) is 0 Å². The van der Waals surface area contributed by atoms with E-state index in [4.69, 9.17) is 10.00 Å². The summed E-state index contributed by atoms with van der Waals surface area (Å²) in [7, 11) is 1.65. The van der Waals surface area contributed by atoms with E-state index in [1.165, 1.54) is 5.56 Å². The van der Waals surface area contributed by atoms with Crippen molar-refractivity contribution in [3.05, 3.63) is 46.6 Å². The van der Waals surface area contributed by atoms with Gasteiger partial charge in [-0.3, -0.25) is 0 Å². The Bertz CT molecular complexity index is 684. The van der Waals surface area contributed by atoms with Crippen LogP contribution in [0.1, 0.15) is 29.3 Å². The van der Waals surface area contributed by atoms with Crippen molar-refractivity contribution in [2.45, 2.75) is 27.2 Å². The van der Waals surface area contributed by atoms with Gasteiger partial charge in [-0.05, 0) is 43.5 Å². The largest absolute Gasteiger partial charge is 0.481 e. The highest BCUT2D eigenvalue weighted by Gasteiger charge is 2.15. The smallest absolute Gasteiger partial charge is 0.216 e. The van der Waals surface area contributed by atoms with Crippen LogP contribution in [0.15, 0.2) is 24.3 Å². The lowest BCUT2D eigenvalue weighted by Gasteiger charge is -2.16. The molecule has 2 aromatic rings. The van der Waals surface area contributed by atoms with Gasteiger partial charge in [0.2, 0.25) is 5.88 Å². The minimum absolute atomic E-state index is 0.662. The number of aryl methyl sites for hydroxylation is 1. The molecule has 1 aromatic heterocycles. The fourth-order valence-corrected chi connectivity index (χ4v) is 2.61. The minimum atomic E-state index is 0.662. The van der Waals surface area contributed by atoms with Crippen LogP contribution in [0, 0.1) is 25.2 Å². The minimum Gasteiger partial charge on any atom is -0.481 e. The van der Waals surface area contributed by atoms with E-state index >= 15 is 0 Å². The number of benzene rings is 1. The average molecular weight is 266 g/mol. The summed E-state index contributed by atoms with van der Waals surface area (Å²) in [5, 5.41) is 9.04. The summed E-state index contributed by atoms with van der Waals surface area (Å²) >= 11 is 0. The molecule has 0 unspecified atom stereocenters. The number of methoxy groups -OCH3 is 1. The van der Waals surface area contributed by atoms with Crippen molar-refractivity contribution in [3.8, 4) is 23.1 Å². The summed E-state index contributed by atoms with van der Waals surface area (Å²) in [5.41, 5.74) is 6.01. The first-order chi connectivity index (χ1) is 9.62. The molecule has 0 N–H and O–H groups in total. The van der Waals surface area contributed by atoms with Crippen LogP contribution >= 0.6 is 0 Å². The molecule has 0 saturated carbocycles. The summed E-state index contributed by atoms with van der Waals surface area (Å²) in [6.07, 6.45) is 0.868. The molecular weight excluding hydrogens is 248 g/mol. The van der Waals surface area contributed by atoms with E-state index in [-0.39, 0.29) is 0 Å². The van der Waals surface area contributed by atoms with Crippen molar-refractivity contribution in [3.63, 3.8) is 0 Å². The zero-order valence-corrected chi connectivity index (χ0v) is 12.3. The number of nitrogens with zero attached hydrogens (tertiary/aromatic N) is 2. The summed E-state index contributed by atoms with van der Waals surface area (Å²) in [4.78, 5) is 4.55. The molecule has 20 heavy (non-hydrogen) atoms. The summed E-state index contributed by atoms with van der Waals surface area (Å²) in [5.74, 6) is 0.697. The third-order valence-corrected chi connectivity index (χ3v) is 3.54. The molecule has 0 radical (unpaired) electrons. The normalized spacial score (nSPS) is 10.2. The molecule has 2 rings (SSSR count). The number of aromatic nitrogens is 1. The fourth-order valence-electron chi connectivity index (χ4n) is 2.61. The van der Waals surface area contributed by atoms with Gasteiger partial charge in [-0.25, -0.2) is 4.98 Å². The van der Waals surface area contributed by atoms with Crippen molar-refractivity contribution in [1.29, 1.82) is 5.26 Å². The van der Waals surface area contributed by atoms with Crippen molar-refractivity contribution >= 4 is 0 Å². The van der Waals surface area contributed by atoms with Crippen LogP contribution in [0.4, 0.5) is 0 Å².